The van der Waals surface area contributed by atoms with Crippen molar-refractivity contribution in [1.29, 1.82) is 0 Å². The molecule has 5 heteroatoms. The molecule has 0 heterocycles. The number of sulfonamides is 1. The van der Waals surface area contributed by atoms with E-state index in [0.29, 0.717) is 23.9 Å². The molecule has 2 rings (SSSR count). The van der Waals surface area contributed by atoms with Crippen LogP contribution in [0, 0.1) is 11.8 Å². The molecule has 0 spiro atoms. The third kappa shape index (κ3) is 3.55. The summed E-state index contributed by atoms with van der Waals surface area (Å²) in [5, 5.41) is 8.94. The van der Waals surface area contributed by atoms with E-state index >= 15 is 0 Å². The van der Waals surface area contributed by atoms with Crippen LogP contribution in [0.15, 0.2) is 29.2 Å². The highest BCUT2D eigenvalue weighted by Gasteiger charge is 2.25. The first-order valence-electron chi connectivity index (χ1n) is 6.72. The molecule has 0 aromatic heterocycles. The number of hydrogen-bond donors (Lipinski definition) is 2. The van der Waals surface area contributed by atoms with Gasteiger partial charge in [0.1, 0.15) is 0 Å². The molecule has 0 amide bonds. The molecule has 1 aliphatic carbocycles. The zero-order chi connectivity index (χ0) is 13.9. The minimum Gasteiger partial charge on any atom is -0.392 e. The second-order valence-corrected chi connectivity index (χ2v) is 7.09. The average Bonchev–Trinajstić information content (AvgIpc) is 2.82. The fraction of sp³-hybridized carbons (Fsp3) is 0.571. The first-order valence-corrected chi connectivity index (χ1v) is 8.20. The summed E-state index contributed by atoms with van der Waals surface area (Å²) in [6.45, 7) is 2.63. The molecule has 4 nitrogen and oxygen atoms in total. The van der Waals surface area contributed by atoms with Gasteiger partial charge in [-0.2, -0.15) is 0 Å². The second kappa shape index (κ2) is 6.03. The molecule has 0 aliphatic heterocycles. The van der Waals surface area contributed by atoms with E-state index in [4.69, 9.17) is 5.11 Å². The number of rotatable bonds is 5. The Hall–Kier alpha value is -0.910. The summed E-state index contributed by atoms with van der Waals surface area (Å²) in [6, 6.07) is 6.33. The molecule has 1 aliphatic rings. The Balaban J connectivity index is 2.01. The highest BCUT2D eigenvalue weighted by molar-refractivity contribution is 7.89. The van der Waals surface area contributed by atoms with Crippen LogP contribution in [0.25, 0.3) is 0 Å². The number of aliphatic hydroxyl groups excluding tert-OH is 1. The van der Waals surface area contributed by atoms with E-state index in [-0.39, 0.29) is 11.5 Å². The fourth-order valence-corrected chi connectivity index (χ4v) is 3.69. The van der Waals surface area contributed by atoms with Crippen LogP contribution in [-0.4, -0.2) is 20.1 Å². The van der Waals surface area contributed by atoms with Gasteiger partial charge in [0.05, 0.1) is 11.5 Å². The lowest BCUT2D eigenvalue weighted by Gasteiger charge is -2.16. The molecule has 2 N–H and O–H groups in total. The lowest BCUT2D eigenvalue weighted by atomic mass is 9.99. The van der Waals surface area contributed by atoms with Crippen molar-refractivity contribution >= 4 is 10.0 Å². The Labute approximate surface area is 114 Å². The zero-order valence-corrected chi connectivity index (χ0v) is 12.0. The third-order valence-electron chi connectivity index (χ3n) is 3.99. The molecular formula is C14H21NO3S. The van der Waals surface area contributed by atoms with E-state index in [0.717, 1.165) is 6.42 Å². The Bertz CT molecular complexity index is 510. The van der Waals surface area contributed by atoms with Gasteiger partial charge < -0.3 is 5.11 Å². The lowest BCUT2D eigenvalue weighted by molar-refractivity contribution is 0.282. The highest BCUT2D eigenvalue weighted by atomic mass is 32.2. The van der Waals surface area contributed by atoms with Gasteiger partial charge in [-0.3, -0.25) is 0 Å². The number of nitrogens with one attached hydrogen (secondary N) is 1. The smallest absolute Gasteiger partial charge is 0.240 e. The molecule has 1 aromatic rings. The van der Waals surface area contributed by atoms with Crippen molar-refractivity contribution in [3.63, 3.8) is 0 Å². The molecule has 1 aromatic carbocycles. The Morgan fingerprint density at radius 2 is 1.95 bits per heavy atom. The fourth-order valence-electron chi connectivity index (χ4n) is 2.60. The normalized spacial score (nSPS) is 23.7. The predicted octanol–water partition coefficient (Wildman–Crippen LogP) is 1.89. The van der Waals surface area contributed by atoms with Crippen LogP contribution < -0.4 is 4.72 Å². The molecule has 2 atom stereocenters. The Morgan fingerprint density at radius 1 is 1.26 bits per heavy atom. The van der Waals surface area contributed by atoms with Crippen molar-refractivity contribution < 1.29 is 13.5 Å². The van der Waals surface area contributed by atoms with Crippen LogP contribution in [0.2, 0.25) is 0 Å². The lowest BCUT2D eigenvalue weighted by Crippen LogP contribution is -2.30. The van der Waals surface area contributed by atoms with Crippen LogP contribution in [-0.2, 0) is 16.6 Å². The second-order valence-electron chi connectivity index (χ2n) is 5.32. The Morgan fingerprint density at radius 3 is 2.47 bits per heavy atom. The molecule has 106 valence electrons. The standard InChI is InChI=1S/C14H21NO3S/c1-11-3-2-4-13(11)9-15-19(17,18)14-7-5-12(10-16)6-8-14/h5-8,11,13,15-16H,2-4,9-10H2,1H3. The van der Waals surface area contributed by atoms with E-state index in [1.54, 1.807) is 12.1 Å². The van der Waals surface area contributed by atoms with Crippen LogP contribution in [0.4, 0.5) is 0 Å². The first-order chi connectivity index (χ1) is 9.03. The van der Waals surface area contributed by atoms with E-state index in [9.17, 15) is 8.42 Å². The SMILES string of the molecule is CC1CCCC1CNS(=O)(=O)c1ccc(CO)cc1. The quantitative estimate of drug-likeness (QED) is 0.867. The van der Waals surface area contributed by atoms with Gasteiger partial charge in [-0.25, -0.2) is 13.1 Å². The summed E-state index contributed by atoms with van der Waals surface area (Å²) in [6.07, 6.45) is 3.49. The number of hydrogen-bond acceptors (Lipinski definition) is 3. The van der Waals surface area contributed by atoms with Gasteiger partial charge in [-0.15, -0.1) is 0 Å². The maximum Gasteiger partial charge on any atom is 0.240 e. The van der Waals surface area contributed by atoms with Gasteiger partial charge in [-0.05, 0) is 36.0 Å². The van der Waals surface area contributed by atoms with Crippen molar-refractivity contribution in [2.75, 3.05) is 6.54 Å². The third-order valence-corrected chi connectivity index (χ3v) is 5.43. The molecule has 2 unspecified atom stereocenters. The minimum atomic E-state index is -3.43. The zero-order valence-electron chi connectivity index (χ0n) is 11.2. The van der Waals surface area contributed by atoms with Crippen molar-refractivity contribution in [2.24, 2.45) is 11.8 Å². The van der Waals surface area contributed by atoms with Gasteiger partial charge >= 0.3 is 0 Å². The first kappa shape index (κ1) is 14.5. The number of aliphatic hydroxyl groups is 1. The summed E-state index contributed by atoms with van der Waals surface area (Å²) in [4.78, 5) is 0.260. The minimum absolute atomic E-state index is 0.0760. The van der Waals surface area contributed by atoms with E-state index in [1.165, 1.54) is 25.0 Å². The maximum atomic E-state index is 12.1. The predicted molar refractivity (Wildman–Crippen MR) is 74.1 cm³/mol. The van der Waals surface area contributed by atoms with Crippen LogP contribution in [0.1, 0.15) is 31.7 Å². The molecule has 1 saturated carbocycles. The van der Waals surface area contributed by atoms with Gasteiger partial charge in [0.15, 0.2) is 0 Å². The van der Waals surface area contributed by atoms with E-state index in [1.807, 2.05) is 0 Å². The van der Waals surface area contributed by atoms with E-state index in [2.05, 4.69) is 11.6 Å². The van der Waals surface area contributed by atoms with E-state index < -0.39 is 10.0 Å². The van der Waals surface area contributed by atoms with Gasteiger partial charge in [0.25, 0.3) is 0 Å². The van der Waals surface area contributed by atoms with Crippen LogP contribution >= 0.6 is 0 Å². The monoisotopic (exact) mass is 283 g/mol. The van der Waals surface area contributed by atoms with Gasteiger partial charge in [-0.1, -0.05) is 31.9 Å². The van der Waals surface area contributed by atoms with Crippen molar-refractivity contribution in [3.8, 4) is 0 Å². The molecule has 1 fully saturated rings. The van der Waals surface area contributed by atoms with Gasteiger partial charge in [0, 0.05) is 6.54 Å². The largest absolute Gasteiger partial charge is 0.392 e. The topological polar surface area (TPSA) is 66.4 Å². The summed E-state index contributed by atoms with van der Waals surface area (Å²) in [7, 11) is -3.43. The van der Waals surface area contributed by atoms with Crippen LogP contribution in [0.3, 0.4) is 0 Å². The van der Waals surface area contributed by atoms with Crippen molar-refractivity contribution in [2.45, 2.75) is 37.7 Å². The molecule has 19 heavy (non-hydrogen) atoms. The average molecular weight is 283 g/mol. The summed E-state index contributed by atoms with van der Waals surface area (Å²) >= 11 is 0. The summed E-state index contributed by atoms with van der Waals surface area (Å²) in [5.74, 6) is 1.05. The van der Waals surface area contributed by atoms with Crippen LogP contribution in [0.5, 0.6) is 0 Å². The maximum absolute atomic E-state index is 12.1. The molecule has 0 bridgehead atoms. The molecule has 0 radical (unpaired) electrons. The van der Waals surface area contributed by atoms with Crippen molar-refractivity contribution in [3.05, 3.63) is 29.8 Å². The van der Waals surface area contributed by atoms with Gasteiger partial charge in [0.2, 0.25) is 10.0 Å². The molecule has 0 saturated heterocycles. The highest BCUT2D eigenvalue weighted by Crippen LogP contribution is 2.30. The Kier molecular flexibility index (Phi) is 4.60. The van der Waals surface area contributed by atoms with Crippen molar-refractivity contribution in [1.82, 2.24) is 4.72 Å². The number of benzene rings is 1. The summed E-state index contributed by atoms with van der Waals surface area (Å²) in [5.41, 5.74) is 0.711. The summed E-state index contributed by atoms with van der Waals surface area (Å²) < 4.78 is 26.9. The molecular weight excluding hydrogens is 262 g/mol.